The number of hydrogen-bond donors (Lipinski definition) is 1. The highest BCUT2D eigenvalue weighted by Gasteiger charge is 2.47. The minimum absolute atomic E-state index is 0.136. The van der Waals surface area contributed by atoms with Gasteiger partial charge in [-0.3, -0.25) is 19.3 Å². The molecule has 0 bridgehead atoms. The molecule has 0 saturated carbocycles. The lowest BCUT2D eigenvalue weighted by Gasteiger charge is -2.26. The van der Waals surface area contributed by atoms with E-state index in [-0.39, 0.29) is 27.7 Å². The van der Waals surface area contributed by atoms with Crippen molar-refractivity contribution in [1.29, 1.82) is 0 Å². The van der Waals surface area contributed by atoms with E-state index in [1.54, 1.807) is 49.4 Å². The summed E-state index contributed by atoms with van der Waals surface area (Å²) in [6.07, 6.45) is 0. The van der Waals surface area contributed by atoms with Gasteiger partial charge in [-0.1, -0.05) is 29.8 Å². The van der Waals surface area contributed by atoms with Crippen LogP contribution in [0.3, 0.4) is 0 Å². The van der Waals surface area contributed by atoms with Crippen molar-refractivity contribution in [2.24, 2.45) is 0 Å². The highest BCUT2D eigenvalue weighted by atomic mass is 35.5. The summed E-state index contributed by atoms with van der Waals surface area (Å²) in [7, 11) is 1.40. The lowest BCUT2D eigenvalue weighted by molar-refractivity contribution is -0.132. The van der Waals surface area contributed by atoms with Gasteiger partial charge in [0.25, 0.3) is 11.7 Å². The maximum absolute atomic E-state index is 13.5. The van der Waals surface area contributed by atoms with Gasteiger partial charge >= 0.3 is 5.97 Å². The van der Waals surface area contributed by atoms with E-state index >= 15 is 0 Å². The first kappa shape index (κ1) is 26.0. The molecule has 1 heterocycles. The van der Waals surface area contributed by atoms with E-state index in [2.05, 4.69) is 0 Å². The molecule has 0 radical (unpaired) electrons. The predicted octanol–water partition coefficient (Wildman–Crippen LogP) is 5.83. The number of carbonyl (C=O) groups excluding carboxylic acids is 3. The van der Waals surface area contributed by atoms with E-state index in [1.807, 2.05) is 26.0 Å². The Morgan fingerprint density at radius 3 is 2.38 bits per heavy atom. The van der Waals surface area contributed by atoms with Crippen molar-refractivity contribution in [2.75, 3.05) is 12.0 Å². The van der Waals surface area contributed by atoms with Crippen LogP contribution in [0.4, 0.5) is 5.69 Å². The van der Waals surface area contributed by atoms with Crippen molar-refractivity contribution in [3.8, 4) is 11.5 Å². The van der Waals surface area contributed by atoms with Gasteiger partial charge < -0.3 is 14.6 Å². The number of Topliss-reactive ketones (excluding diaryl/α,β-unsaturated/α-hetero) is 1. The molecule has 1 amide bonds. The van der Waals surface area contributed by atoms with Gasteiger partial charge in [-0.05, 0) is 79.4 Å². The van der Waals surface area contributed by atoms with Crippen molar-refractivity contribution in [2.45, 2.75) is 33.7 Å². The lowest BCUT2D eigenvalue weighted by atomic mass is 9.94. The van der Waals surface area contributed by atoms with E-state index in [0.717, 1.165) is 16.7 Å². The van der Waals surface area contributed by atoms with Gasteiger partial charge in [0.15, 0.2) is 0 Å². The first-order chi connectivity index (χ1) is 17.5. The fourth-order valence-electron chi connectivity index (χ4n) is 4.46. The summed E-state index contributed by atoms with van der Waals surface area (Å²) < 4.78 is 10.7. The van der Waals surface area contributed by atoms with Crippen LogP contribution in [0.25, 0.3) is 5.76 Å². The first-order valence-electron chi connectivity index (χ1n) is 11.5. The van der Waals surface area contributed by atoms with Crippen LogP contribution >= 0.6 is 11.6 Å². The molecule has 1 atom stereocenters. The standard InChI is InChI=1S/C29H26ClNO6/c1-15-11-22(28(36-5)23(30)12-15)26(33)24-25(19-7-6-8-21(14-19)37-18(4)32)31(29(35)27(24)34)20-10-9-16(2)17(3)13-20/h6-14,25,33H,1-5H3/b26-24+. The number of halogens is 1. The molecular weight excluding hydrogens is 494 g/mol. The Hall–Kier alpha value is -4.10. The molecule has 3 aromatic rings. The molecule has 4 rings (SSSR count). The summed E-state index contributed by atoms with van der Waals surface area (Å²) in [6, 6.07) is 14.2. The molecule has 190 valence electrons. The summed E-state index contributed by atoms with van der Waals surface area (Å²) in [5.41, 5.74) is 3.68. The second-order valence-electron chi connectivity index (χ2n) is 8.93. The fraction of sp³-hybridized carbons (Fsp3) is 0.207. The van der Waals surface area contributed by atoms with Gasteiger partial charge in [-0.15, -0.1) is 0 Å². The summed E-state index contributed by atoms with van der Waals surface area (Å²) in [5.74, 6) is -2.18. The number of rotatable bonds is 5. The summed E-state index contributed by atoms with van der Waals surface area (Å²) in [4.78, 5) is 39.9. The zero-order chi connectivity index (χ0) is 27.0. The Bertz CT molecular complexity index is 1480. The van der Waals surface area contributed by atoms with Crippen molar-refractivity contribution < 1.29 is 29.0 Å². The number of aliphatic hydroxyl groups is 1. The van der Waals surface area contributed by atoms with Crippen LogP contribution in [-0.4, -0.2) is 29.9 Å². The Balaban J connectivity index is 2.02. The minimum Gasteiger partial charge on any atom is -0.507 e. The third kappa shape index (κ3) is 4.82. The monoisotopic (exact) mass is 519 g/mol. The molecule has 1 unspecified atom stereocenters. The second-order valence-corrected chi connectivity index (χ2v) is 9.34. The molecule has 37 heavy (non-hydrogen) atoms. The number of aryl methyl sites for hydroxylation is 3. The van der Waals surface area contributed by atoms with Crippen LogP contribution in [-0.2, 0) is 14.4 Å². The first-order valence-corrected chi connectivity index (χ1v) is 11.9. The van der Waals surface area contributed by atoms with E-state index in [1.165, 1.54) is 18.9 Å². The number of nitrogens with zero attached hydrogens (tertiary/aromatic N) is 1. The number of benzene rings is 3. The Kier molecular flexibility index (Phi) is 7.09. The van der Waals surface area contributed by atoms with Crippen LogP contribution in [0, 0.1) is 20.8 Å². The quantitative estimate of drug-likeness (QED) is 0.150. The molecule has 0 spiro atoms. The van der Waals surface area contributed by atoms with Crippen LogP contribution in [0.1, 0.15) is 40.8 Å². The van der Waals surface area contributed by atoms with Crippen molar-refractivity contribution in [3.63, 3.8) is 0 Å². The number of esters is 1. The van der Waals surface area contributed by atoms with Crippen molar-refractivity contribution in [1.82, 2.24) is 0 Å². The number of hydrogen-bond acceptors (Lipinski definition) is 6. The van der Waals surface area contributed by atoms with Crippen LogP contribution < -0.4 is 14.4 Å². The van der Waals surface area contributed by atoms with E-state index in [0.29, 0.717) is 11.3 Å². The fourth-order valence-corrected chi connectivity index (χ4v) is 4.81. The Morgan fingerprint density at radius 1 is 1.00 bits per heavy atom. The zero-order valence-corrected chi connectivity index (χ0v) is 21.8. The number of aliphatic hydroxyl groups excluding tert-OH is 1. The average molecular weight is 520 g/mol. The Morgan fingerprint density at radius 2 is 1.73 bits per heavy atom. The van der Waals surface area contributed by atoms with Gasteiger partial charge in [0.1, 0.15) is 17.3 Å². The summed E-state index contributed by atoms with van der Waals surface area (Å²) >= 11 is 6.36. The summed E-state index contributed by atoms with van der Waals surface area (Å²) in [5, 5.41) is 11.8. The molecule has 8 heteroatoms. The third-order valence-electron chi connectivity index (χ3n) is 6.30. The highest BCUT2D eigenvalue weighted by Crippen LogP contribution is 2.45. The maximum Gasteiger partial charge on any atom is 0.308 e. The molecule has 1 aliphatic heterocycles. The van der Waals surface area contributed by atoms with Crippen molar-refractivity contribution in [3.05, 3.63) is 93.0 Å². The largest absolute Gasteiger partial charge is 0.507 e. The van der Waals surface area contributed by atoms with E-state index in [9.17, 15) is 19.5 Å². The molecule has 0 aromatic heterocycles. The Labute approximate surface area is 219 Å². The molecule has 1 fully saturated rings. The zero-order valence-electron chi connectivity index (χ0n) is 21.1. The molecule has 1 N–H and O–H groups in total. The molecule has 3 aromatic carbocycles. The number of anilines is 1. The smallest absolute Gasteiger partial charge is 0.308 e. The van der Waals surface area contributed by atoms with Gasteiger partial charge in [0, 0.05) is 12.6 Å². The van der Waals surface area contributed by atoms with E-state index in [4.69, 9.17) is 21.1 Å². The van der Waals surface area contributed by atoms with Gasteiger partial charge in [0.05, 0.1) is 29.3 Å². The van der Waals surface area contributed by atoms with Gasteiger partial charge in [0.2, 0.25) is 0 Å². The number of methoxy groups -OCH3 is 1. The molecule has 7 nitrogen and oxygen atoms in total. The SMILES string of the molecule is COc1c(Cl)cc(C)cc1/C(O)=C1\C(=O)C(=O)N(c2ccc(C)c(C)c2)C1c1cccc(OC(C)=O)c1. The van der Waals surface area contributed by atoms with Gasteiger partial charge in [-0.2, -0.15) is 0 Å². The van der Waals surface area contributed by atoms with Gasteiger partial charge in [-0.25, -0.2) is 0 Å². The van der Waals surface area contributed by atoms with Crippen molar-refractivity contribution >= 4 is 40.7 Å². The second kappa shape index (κ2) is 10.1. The topological polar surface area (TPSA) is 93.1 Å². The molecule has 0 aliphatic carbocycles. The summed E-state index contributed by atoms with van der Waals surface area (Å²) in [6.45, 7) is 6.92. The average Bonchev–Trinajstić information content (AvgIpc) is 3.10. The molecular formula is C29H26ClNO6. The van der Waals surface area contributed by atoms with Crippen LogP contribution in [0.5, 0.6) is 11.5 Å². The minimum atomic E-state index is -1.01. The normalized spacial score (nSPS) is 16.7. The molecule has 1 saturated heterocycles. The van der Waals surface area contributed by atoms with E-state index < -0.39 is 29.5 Å². The number of ketones is 1. The maximum atomic E-state index is 13.5. The highest BCUT2D eigenvalue weighted by molar-refractivity contribution is 6.51. The lowest BCUT2D eigenvalue weighted by Crippen LogP contribution is -2.29. The number of amides is 1. The predicted molar refractivity (Wildman–Crippen MR) is 141 cm³/mol. The third-order valence-corrected chi connectivity index (χ3v) is 6.58. The van der Waals surface area contributed by atoms with Crippen LogP contribution in [0.2, 0.25) is 5.02 Å². The molecule has 1 aliphatic rings. The van der Waals surface area contributed by atoms with Crippen LogP contribution in [0.15, 0.2) is 60.2 Å². The number of ether oxygens (including phenoxy) is 2. The number of carbonyl (C=O) groups is 3.